The number of imide groups is 1. The third-order valence-electron chi connectivity index (χ3n) is 3.36. The molecule has 4 nitrogen and oxygen atoms in total. The number of aryl methyl sites for hydroxylation is 1. The molecular weight excluding hydrogens is 320 g/mol. The van der Waals surface area contributed by atoms with Crippen LogP contribution in [0, 0.1) is 0 Å². The van der Waals surface area contributed by atoms with Crippen molar-refractivity contribution in [3.05, 3.63) is 58.2 Å². The molecule has 3 rings (SSSR count). The van der Waals surface area contributed by atoms with Gasteiger partial charge in [0.15, 0.2) is 0 Å². The third-order valence-corrected chi connectivity index (χ3v) is 4.48. The van der Waals surface area contributed by atoms with E-state index in [1.165, 1.54) is 4.90 Å². The number of hydrogen-bond donors (Lipinski definition) is 0. The molecule has 1 fully saturated rings. The Morgan fingerprint density at radius 2 is 1.91 bits per heavy atom. The Bertz CT molecular complexity index is 765. The van der Waals surface area contributed by atoms with E-state index in [2.05, 4.69) is 0 Å². The van der Waals surface area contributed by atoms with Gasteiger partial charge in [0.25, 0.3) is 11.1 Å². The molecule has 0 aliphatic carbocycles. The maximum Gasteiger partial charge on any atom is 0.298 e. The van der Waals surface area contributed by atoms with E-state index in [9.17, 15) is 9.59 Å². The van der Waals surface area contributed by atoms with Gasteiger partial charge in [0.1, 0.15) is 0 Å². The summed E-state index contributed by atoms with van der Waals surface area (Å²) in [4.78, 5) is 26.2. The van der Waals surface area contributed by atoms with Crippen molar-refractivity contribution in [3.8, 4) is 0 Å². The highest BCUT2D eigenvalue weighted by atomic mass is 35.5. The first-order valence-electron chi connectivity index (χ1n) is 6.79. The molecule has 2 amide bonds. The average molecular weight is 333 g/mol. The lowest BCUT2D eigenvalue weighted by molar-refractivity contribution is -0.113. The highest BCUT2D eigenvalue weighted by Crippen LogP contribution is 2.36. The van der Waals surface area contributed by atoms with E-state index in [4.69, 9.17) is 11.6 Å². The molecule has 0 saturated carbocycles. The molecular formula is C16H13ClN2O2S. The van der Waals surface area contributed by atoms with E-state index in [1.54, 1.807) is 30.3 Å². The van der Waals surface area contributed by atoms with E-state index in [0.29, 0.717) is 15.6 Å². The number of nitrogens with zero attached hydrogens (tertiary/aromatic N) is 2. The zero-order valence-corrected chi connectivity index (χ0v) is 13.4. The average Bonchev–Trinajstić information content (AvgIpc) is 3.06. The van der Waals surface area contributed by atoms with Crippen LogP contribution in [0.25, 0.3) is 6.08 Å². The minimum absolute atomic E-state index is 0.298. The number of rotatable bonds is 3. The van der Waals surface area contributed by atoms with E-state index in [0.717, 1.165) is 24.0 Å². The fourth-order valence-corrected chi connectivity index (χ4v) is 3.21. The SMILES string of the molecule is CCn1cccc1/C=C1/SC(=O)N(c2ccc(Cl)cc2)C1=O. The van der Waals surface area contributed by atoms with Crippen LogP contribution in [-0.2, 0) is 11.3 Å². The molecule has 0 bridgehead atoms. The van der Waals surface area contributed by atoms with Crippen molar-refractivity contribution >= 4 is 46.3 Å². The first-order valence-corrected chi connectivity index (χ1v) is 7.98. The van der Waals surface area contributed by atoms with E-state index >= 15 is 0 Å². The van der Waals surface area contributed by atoms with Gasteiger partial charge in [0.2, 0.25) is 0 Å². The van der Waals surface area contributed by atoms with E-state index in [1.807, 2.05) is 29.8 Å². The predicted molar refractivity (Wildman–Crippen MR) is 90.0 cm³/mol. The molecule has 1 aliphatic rings. The number of carbonyl (C=O) groups is 2. The maximum absolute atomic E-state index is 12.5. The van der Waals surface area contributed by atoms with Crippen LogP contribution in [0.5, 0.6) is 0 Å². The largest absolute Gasteiger partial charge is 0.348 e. The fourth-order valence-electron chi connectivity index (χ4n) is 2.26. The van der Waals surface area contributed by atoms with Crippen molar-refractivity contribution in [1.29, 1.82) is 0 Å². The van der Waals surface area contributed by atoms with Crippen molar-refractivity contribution in [1.82, 2.24) is 4.57 Å². The summed E-state index contributed by atoms with van der Waals surface area (Å²) in [6.45, 7) is 2.83. The monoisotopic (exact) mass is 332 g/mol. The lowest BCUT2D eigenvalue weighted by Crippen LogP contribution is -2.27. The molecule has 0 radical (unpaired) electrons. The first-order chi connectivity index (χ1) is 10.6. The van der Waals surface area contributed by atoms with Crippen LogP contribution in [0.15, 0.2) is 47.5 Å². The van der Waals surface area contributed by atoms with Crippen LogP contribution in [-0.4, -0.2) is 15.7 Å². The summed E-state index contributed by atoms with van der Waals surface area (Å²) < 4.78 is 2.01. The summed E-state index contributed by atoms with van der Waals surface area (Å²) in [6, 6.07) is 10.5. The van der Waals surface area contributed by atoms with Crippen LogP contribution < -0.4 is 4.90 Å². The Morgan fingerprint density at radius 3 is 2.59 bits per heavy atom. The topological polar surface area (TPSA) is 42.3 Å². The molecule has 112 valence electrons. The highest BCUT2D eigenvalue weighted by Gasteiger charge is 2.36. The summed E-state index contributed by atoms with van der Waals surface area (Å²) in [5.41, 5.74) is 1.44. The zero-order chi connectivity index (χ0) is 15.7. The highest BCUT2D eigenvalue weighted by molar-refractivity contribution is 8.19. The van der Waals surface area contributed by atoms with Gasteiger partial charge in [-0.15, -0.1) is 0 Å². The minimum Gasteiger partial charge on any atom is -0.348 e. The molecule has 6 heteroatoms. The van der Waals surface area contributed by atoms with Crippen molar-refractivity contribution < 1.29 is 9.59 Å². The number of benzene rings is 1. The van der Waals surface area contributed by atoms with Gasteiger partial charge in [0, 0.05) is 23.5 Å². The molecule has 2 aromatic rings. The summed E-state index contributed by atoms with van der Waals surface area (Å²) in [6.07, 6.45) is 3.69. The zero-order valence-electron chi connectivity index (χ0n) is 11.8. The second kappa shape index (κ2) is 6.02. The molecule has 0 unspecified atom stereocenters. The predicted octanol–water partition coefficient (Wildman–Crippen LogP) is 4.40. The maximum atomic E-state index is 12.5. The minimum atomic E-state index is -0.304. The van der Waals surface area contributed by atoms with E-state index in [-0.39, 0.29) is 11.1 Å². The molecule has 0 atom stereocenters. The number of thioether (sulfide) groups is 1. The second-order valence-corrected chi connectivity index (χ2v) is 6.14. The van der Waals surface area contributed by atoms with Crippen molar-refractivity contribution in [3.63, 3.8) is 0 Å². The Kier molecular flexibility index (Phi) is 4.09. The molecule has 1 aromatic heterocycles. The van der Waals surface area contributed by atoms with Gasteiger partial charge in [-0.3, -0.25) is 9.59 Å². The lowest BCUT2D eigenvalue weighted by Gasteiger charge is -2.12. The molecule has 1 saturated heterocycles. The van der Waals surface area contributed by atoms with Crippen molar-refractivity contribution in [2.45, 2.75) is 13.5 Å². The van der Waals surface area contributed by atoms with Gasteiger partial charge < -0.3 is 4.57 Å². The fraction of sp³-hybridized carbons (Fsp3) is 0.125. The van der Waals surface area contributed by atoms with Gasteiger partial charge in [0.05, 0.1) is 10.6 Å². The van der Waals surface area contributed by atoms with Gasteiger partial charge in [-0.2, -0.15) is 0 Å². The molecule has 2 heterocycles. The Hall–Kier alpha value is -1.98. The number of carbonyl (C=O) groups excluding carboxylic acids is 2. The smallest absolute Gasteiger partial charge is 0.298 e. The van der Waals surface area contributed by atoms with E-state index < -0.39 is 0 Å². The standard InChI is InChI=1S/C16H13ClN2O2S/c1-2-18-9-3-4-13(18)10-14-15(20)19(16(21)22-14)12-7-5-11(17)6-8-12/h3-10H,2H2,1H3/b14-10+. The Labute approximate surface area is 137 Å². The number of anilines is 1. The third kappa shape index (κ3) is 2.69. The number of hydrogen-bond acceptors (Lipinski definition) is 3. The molecule has 0 spiro atoms. The summed E-state index contributed by atoms with van der Waals surface area (Å²) >= 11 is 6.79. The summed E-state index contributed by atoms with van der Waals surface area (Å²) in [7, 11) is 0. The van der Waals surface area contributed by atoms with Crippen LogP contribution in [0.2, 0.25) is 5.02 Å². The molecule has 22 heavy (non-hydrogen) atoms. The summed E-state index contributed by atoms with van der Waals surface area (Å²) in [5, 5.41) is 0.264. The van der Waals surface area contributed by atoms with Crippen LogP contribution >= 0.6 is 23.4 Å². The van der Waals surface area contributed by atoms with Crippen LogP contribution in [0.3, 0.4) is 0 Å². The molecule has 1 aromatic carbocycles. The number of aromatic nitrogens is 1. The Balaban J connectivity index is 1.93. The number of amides is 2. The van der Waals surface area contributed by atoms with Gasteiger partial charge in [-0.25, -0.2) is 4.90 Å². The molecule has 1 aliphatic heterocycles. The second-order valence-electron chi connectivity index (χ2n) is 4.71. The van der Waals surface area contributed by atoms with Gasteiger partial charge >= 0.3 is 0 Å². The normalized spacial score (nSPS) is 16.8. The lowest BCUT2D eigenvalue weighted by atomic mass is 10.3. The van der Waals surface area contributed by atoms with Crippen molar-refractivity contribution in [2.24, 2.45) is 0 Å². The van der Waals surface area contributed by atoms with Crippen molar-refractivity contribution in [2.75, 3.05) is 4.90 Å². The summed E-state index contributed by atoms with van der Waals surface area (Å²) in [5.74, 6) is -0.304. The van der Waals surface area contributed by atoms with Gasteiger partial charge in [-0.05, 0) is 61.2 Å². The first kappa shape index (κ1) is 14.9. The number of halogens is 1. The molecule has 0 N–H and O–H groups in total. The van der Waals surface area contributed by atoms with Gasteiger partial charge in [-0.1, -0.05) is 11.6 Å². The Morgan fingerprint density at radius 1 is 1.18 bits per heavy atom. The van der Waals surface area contributed by atoms with Crippen LogP contribution in [0.4, 0.5) is 10.5 Å². The quantitative estimate of drug-likeness (QED) is 0.782. The van der Waals surface area contributed by atoms with Crippen LogP contribution in [0.1, 0.15) is 12.6 Å².